The maximum absolute atomic E-state index is 5.92. The molecule has 1 aliphatic carbocycles. The predicted molar refractivity (Wildman–Crippen MR) is 79.3 cm³/mol. The topological polar surface area (TPSA) is 41.7 Å². The summed E-state index contributed by atoms with van der Waals surface area (Å²) in [5.74, 6) is 1.42. The van der Waals surface area contributed by atoms with Crippen LogP contribution in [0.3, 0.4) is 0 Å². The zero-order chi connectivity index (χ0) is 13.5. The standard InChI is InChI=1S/C15H31N3O/c1-17-6-8-18(9-7-17)10-11-19-13-15-5-3-2-4-14(15)12-16/h14-15H,2-13,16H2,1H3. The van der Waals surface area contributed by atoms with Crippen molar-refractivity contribution in [2.75, 3.05) is 59.5 Å². The zero-order valence-electron chi connectivity index (χ0n) is 12.5. The Labute approximate surface area is 118 Å². The van der Waals surface area contributed by atoms with E-state index in [9.17, 15) is 0 Å². The van der Waals surface area contributed by atoms with Gasteiger partial charge in [-0.1, -0.05) is 12.8 Å². The van der Waals surface area contributed by atoms with Crippen LogP contribution in [0.5, 0.6) is 0 Å². The van der Waals surface area contributed by atoms with Crippen LogP contribution in [0.1, 0.15) is 25.7 Å². The highest BCUT2D eigenvalue weighted by molar-refractivity contribution is 4.76. The molecule has 1 aliphatic heterocycles. The Morgan fingerprint density at radius 3 is 2.42 bits per heavy atom. The molecule has 2 rings (SSSR count). The third-order valence-electron chi connectivity index (χ3n) is 4.85. The van der Waals surface area contributed by atoms with Gasteiger partial charge in [-0.3, -0.25) is 4.90 Å². The van der Waals surface area contributed by atoms with Gasteiger partial charge in [0.1, 0.15) is 0 Å². The number of likely N-dealkylation sites (N-methyl/N-ethyl adjacent to an activating group) is 1. The lowest BCUT2D eigenvalue weighted by Gasteiger charge is -2.33. The van der Waals surface area contributed by atoms with Crippen molar-refractivity contribution < 1.29 is 4.74 Å². The van der Waals surface area contributed by atoms with Crippen molar-refractivity contribution in [3.05, 3.63) is 0 Å². The molecule has 4 nitrogen and oxygen atoms in total. The van der Waals surface area contributed by atoms with Crippen molar-refractivity contribution >= 4 is 0 Å². The minimum Gasteiger partial charge on any atom is -0.380 e. The Hall–Kier alpha value is -0.160. The minimum absolute atomic E-state index is 0.706. The molecule has 2 unspecified atom stereocenters. The second-order valence-corrected chi connectivity index (χ2v) is 6.26. The first-order valence-electron chi connectivity index (χ1n) is 7.98. The quantitative estimate of drug-likeness (QED) is 0.731. The smallest absolute Gasteiger partial charge is 0.0593 e. The zero-order valence-corrected chi connectivity index (χ0v) is 12.5. The highest BCUT2D eigenvalue weighted by Gasteiger charge is 2.24. The first kappa shape index (κ1) is 15.2. The van der Waals surface area contributed by atoms with Crippen LogP contribution >= 0.6 is 0 Å². The largest absolute Gasteiger partial charge is 0.380 e. The fourth-order valence-electron chi connectivity index (χ4n) is 3.31. The van der Waals surface area contributed by atoms with Crippen LogP contribution < -0.4 is 5.73 Å². The SMILES string of the molecule is CN1CCN(CCOCC2CCCCC2CN)CC1. The average Bonchev–Trinajstić information content (AvgIpc) is 2.46. The van der Waals surface area contributed by atoms with Crippen LogP contribution in [0.2, 0.25) is 0 Å². The van der Waals surface area contributed by atoms with Crippen LogP contribution in [-0.2, 0) is 4.74 Å². The number of ether oxygens (including phenoxy) is 1. The molecular formula is C15H31N3O. The fourth-order valence-corrected chi connectivity index (χ4v) is 3.31. The van der Waals surface area contributed by atoms with E-state index in [1.807, 2.05) is 0 Å². The van der Waals surface area contributed by atoms with E-state index in [0.29, 0.717) is 11.8 Å². The molecular weight excluding hydrogens is 238 g/mol. The summed E-state index contributed by atoms with van der Waals surface area (Å²) in [6, 6.07) is 0. The Bertz CT molecular complexity index is 242. The number of hydrogen-bond donors (Lipinski definition) is 1. The summed E-state index contributed by atoms with van der Waals surface area (Å²) in [5.41, 5.74) is 5.86. The molecule has 2 N–H and O–H groups in total. The van der Waals surface area contributed by atoms with Gasteiger partial charge < -0.3 is 15.4 Å². The van der Waals surface area contributed by atoms with Crippen molar-refractivity contribution in [2.24, 2.45) is 17.6 Å². The Balaban J connectivity index is 1.56. The molecule has 1 saturated heterocycles. The number of nitrogens with zero attached hydrogens (tertiary/aromatic N) is 2. The third-order valence-corrected chi connectivity index (χ3v) is 4.85. The minimum atomic E-state index is 0.706. The van der Waals surface area contributed by atoms with E-state index < -0.39 is 0 Å². The van der Waals surface area contributed by atoms with E-state index in [4.69, 9.17) is 10.5 Å². The van der Waals surface area contributed by atoms with Crippen molar-refractivity contribution in [2.45, 2.75) is 25.7 Å². The lowest BCUT2D eigenvalue weighted by Crippen LogP contribution is -2.45. The maximum Gasteiger partial charge on any atom is 0.0593 e. The highest BCUT2D eigenvalue weighted by Crippen LogP contribution is 2.29. The predicted octanol–water partition coefficient (Wildman–Crippen LogP) is 1.02. The summed E-state index contributed by atoms with van der Waals surface area (Å²) < 4.78 is 5.92. The van der Waals surface area contributed by atoms with Gasteiger partial charge in [0.05, 0.1) is 6.61 Å². The first-order valence-corrected chi connectivity index (χ1v) is 7.98. The molecule has 1 heterocycles. The second-order valence-electron chi connectivity index (χ2n) is 6.26. The van der Waals surface area contributed by atoms with Gasteiger partial charge in [0, 0.05) is 39.3 Å². The molecule has 0 spiro atoms. The molecule has 4 heteroatoms. The molecule has 19 heavy (non-hydrogen) atoms. The maximum atomic E-state index is 5.92. The highest BCUT2D eigenvalue weighted by atomic mass is 16.5. The van der Waals surface area contributed by atoms with Crippen molar-refractivity contribution in [3.8, 4) is 0 Å². The molecule has 0 aromatic rings. The molecule has 0 radical (unpaired) electrons. The van der Waals surface area contributed by atoms with Gasteiger partial charge in [-0.2, -0.15) is 0 Å². The molecule has 0 amide bonds. The van der Waals surface area contributed by atoms with Gasteiger partial charge in [-0.15, -0.1) is 0 Å². The lowest BCUT2D eigenvalue weighted by atomic mass is 9.80. The van der Waals surface area contributed by atoms with Gasteiger partial charge in [-0.05, 0) is 38.3 Å². The van der Waals surface area contributed by atoms with Crippen molar-refractivity contribution in [1.29, 1.82) is 0 Å². The number of nitrogens with two attached hydrogens (primary N) is 1. The van der Waals surface area contributed by atoms with Gasteiger partial charge >= 0.3 is 0 Å². The second kappa shape index (κ2) is 8.20. The number of hydrogen-bond acceptors (Lipinski definition) is 4. The van der Waals surface area contributed by atoms with Gasteiger partial charge in [0.15, 0.2) is 0 Å². The lowest BCUT2D eigenvalue weighted by molar-refractivity contribution is 0.0398. The average molecular weight is 269 g/mol. The van der Waals surface area contributed by atoms with Crippen LogP contribution in [0.15, 0.2) is 0 Å². The Morgan fingerprint density at radius 2 is 1.74 bits per heavy atom. The summed E-state index contributed by atoms with van der Waals surface area (Å²) in [5, 5.41) is 0. The van der Waals surface area contributed by atoms with Crippen LogP contribution in [0, 0.1) is 11.8 Å². The summed E-state index contributed by atoms with van der Waals surface area (Å²) in [6.07, 6.45) is 5.35. The van der Waals surface area contributed by atoms with Gasteiger partial charge in [-0.25, -0.2) is 0 Å². The first-order chi connectivity index (χ1) is 9.29. The van der Waals surface area contributed by atoms with E-state index >= 15 is 0 Å². The van der Waals surface area contributed by atoms with E-state index in [1.165, 1.54) is 51.9 Å². The number of piperazine rings is 1. The van der Waals surface area contributed by atoms with Crippen LogP contribution in [0.4, 0.5) is 0 Å². The van der Waals surface area contributed by atoms with Gasteiger partial charge in [0.2, 0.25) is 0 Å². The molecule has 112 valence electrons. The van der Waals surface area contributed by atoms with Crippen LogP contribution in [-0.4, -0.2) is 69.3 Å². The Kier molecular flexibility index (Phi) is 6.57. The van der Waals surface area contributed by atoms with E-state index in [0.717, 1.165) is 26.3 Å². The van der Waals surface area contributed by atoms with Crippen LogP contribution in [0.25, 0.3) is 0 Å². The third kappa shape index (κ3) is 5.03. The number of rotatable bonds is 6. The molecule has 2 fully saturated rings. The van der Waals surface area contributed by atoms with Crippen molar-refractivity contribution in [1.82, 2.24) is 9.80 Å². The summed E-state index contributed by atoms with van der Waals surface area (Å²) in [6.45, 7) is 8.51. The van der Waals surface area contributed by atoms with E-state index in [2.05, 4.69) is 16.8 Å². The summed E-state index contributed by atoms with van der Waals surface area (Å²) >= 11 is 0. The molecule has 0 aromatic heterocycles. The molecule has 2 atom stereocenters. The van der Waals surface area contributed by atoms with E-state index in [1.54, 1.807) is 0 Å². The van der Waals surface area contributed by atoms with E-state index in [-0.39, 0.29) is 0 Å². The molecule has 2 aliphatic rings. The van der Waals surface area contributed by atoms with Gasteiger partial charge in [0.25, 0.3) is 0 Å². The summed E-state index contributed by atoms with van der Waals surface area (Å²) in [4.78, 5) is 4.91. The molecule has 1 saturated carbocycles. The Morgan fingerprint density at radius 1 is 1.05 bits per heavy atom. The van der Waals surface area contributed by atoms with Crippen molar-refractivity contribution in [3.63, 3.8) is 0 Å². The normalized spacial score (nSPS) is 30.6. The summed E-state index contributed by atoms with van der Waals surface area (Å²) in [7, 11) is 2.20. The molecule has 0 aromatic carbocycles. The molecule has 0 bridgehead atoms. The fraction of sp³-hybridized carbons (Fsp3) is 1.00. The monoisotopic (exact) mass is 269 g/mol.